The first-order valence-corrected chi connectivity index (χ1v) is 8.64. The fourth-order valence-electron chi connectivity index (χ4n) is 1.54. The van der Waals surface area contributed by atoms with Crippen molar-refractivity contribution in [3.63, 3.8) is 0 Å². The predicted octanol–water partition coefficient (Wildman–Crippen LogP) is 0.481. The molecule has 0 bridgehead atoms. The number of urea groups is 1. The quantitative estimate of drug-likeness (QED) is 0.751. The minimum atomic E-state index is -3.36. The third kappa shape index (κ3) is 5.70. The van der Waals surface area contributed by atoms with Gasteiger partial charge in [-0.2, -0.15) is 0 Å². The summed E-state index contributed by atoms with van der Waals surface area (Å²) in [5, 5.41) is 4.39. The van der Waals surface area contributed by atoms with Gasteiger partial charge in [-0.05, 0) is 38.1 Å². The summed E-state index contributed by atoms with van der Waals surface area (Å²) in [5.74, 6) is -1.57. The average molecular weight is 342 g/mol. The first-order valence-electron chi connectivity index (χ1n) is 6.75. The number of ether oxygens (including phenoxy) is 1. The Labute approximate surface area is 134 Å². The zero-order valence-electron chi connectivity index (χ0n) is 13.0. The summed E-state index contributed by atoms with van der Waals surface area (Å²) in [6.45, 7) is 3.35. The van der Waals surface area contributed by atoms with Gasteiger partial charge in [0.2, 0.25) is 0 Å². The zero-order chi connectivity index (χ0) is 17.6. The van der Waals surface area contributed by atoms with Crippen LogP contribution in [-0.4, -0.2) is 45.2 Å². The van der Waals surface area contributed by atoms with Crippen molar-refractivity contribution < 1.29 is 27.5 Å². The molecule has 23 heavy (non-hydrogen) atoms. The van der Waals surface area contributed by atoms with Crippen LogP contribution in [0.3, 0.4) is 0 Å². The van der Waals surface area contributed by atoms with E-state index in [0.29, 0.717) is 6.54 Å². The molecule has 2 N–H and O–H groups in total. The summed E-state index contributed by atoms with van der Waals surface area (Å²) >= 11 is 0. The van der Waals surface area contributed by atoms with Gasteiger partial charge in [0.1, 0.15) is 0 Å². The minimum Gasteiger partial charge on any atom is -0.449 e. The maximum absolute atomic E-state index is 11.9. The number of hydrogen-bond donors (Lipinski definition) is 2. The standard InChI is InChI=1S/C14H18N2O6S/c1-4-15-14(19)16-12(17)9(2)22-13(18)10-5-7-11(8-6-10)23(3,20)21/h5-9H,4H2,1-3H3,(H2,15,16,17,19)/t9-/m0/s1. The lowest BCUT2D eigenvalue weighted by Gasteiger charge is -2.13. The van der Waals surface area contributed by atoms with Crippen molar-refractivity contribution in [2.75, 3.05) is 12.8 Å². The summed E-state index contributed by atoms with van der Waals surface area (Å²) in [4.78, 5) is 34.8. The van der Waals surface area contributed by atoms with E-state index in [1.165, 1.54) is 31.2 Å². The summed E-state index contributed by atoms with van der Waals surface area (Å²) < 4.78 is 27.6. The Kier molecular flexibility index (Phi) is 6.26. The lowest BCUT2D eigenvalue weighted by Crippen LogP contribution is -2.44. The molecular formula is C14H18N2O6S. The van der Waals surface area contributed by atoms with Gasteiger partial charge in [-0.3, -0.25) is 10.1 Å². The van der Waals surface area contributed by atoms with Gasteiger partial charge >= 0.3 is 12.0 Å². The van der Waals surface area contributed by atoms with Crippen molar-refractivity contribution in [2.45, 2.75) is 24.8 Å². The van der Waals surface area contributed by atoms with Gasteiger partial charge in [0, 0.05) is 12.8 Å². The number of carbonyl (C=O) groups excluding carboxylic acids is 3. The Bertz CT molecular complexity index is 696. The molecule has 0 radical (unpaired) electrons. The summed E-state index contributed by atoms with van der Waals surface area (Å²) in [6, 6.07) is 4.43. The molecule has 0 fully saturated rings. The number of nitrogens with one attached hydrogen (secondary N) is 2. The molecule has 0 aromatic heterocycles. The summed E-state index contributed by atoms with van der Waals surface area (Å²) in [5.41, 5.74) is 0.0926. The third-order valence-corrected chi connectivity index (χ3v) is 3.87. The molecule has 0 heterocycles. The normalized spacial score (nSPS) is 12.1. The molecular weight excluding hydrogens is 324 g/mol. The van der Waals surface area contributed by atoms with Crippen LogP contribution in [0.5, 0.6) is 0 Å². The van der Waals surface area contributed by atoms with Crippen LogP contribution in [0.1, 0.15) is 24.2 Å². The molecule has 126 valence electrons. The second-order valence-corrected chi connectivity index (χ2v) is 6.71. The molecule has 0 aliphatic heterocycles. The van der Waals surface area contributed by atoms with Gasteiger partial charge in [0.05, 0.1) is 10.5 Å². The first kappa shape index (κ1) is 18.6. The van der Waals surface area contributed by atoms with E-state index >= 15 is 0 Å². The second-order valence-electron chi connectivity index (χ2n) is 4.69. The van der Waals surface area contributed by atoms with Gasteiger partial charge in [-0.1, -0.05) is 0 Å². The lowest BCUT2D eigenvalue weighted by molar-refractivity contribution is -0.127. The molecule has 1 atom stereocenters. The van der Waals surface area contributed by atoms with E-state index in [2.05, 4.69) is 5.32 Å². The number of esters is 1. The third-order valence-electron chi connectivity index (χ3n) is 2.75. The van der Waals surface area contributed by atoms with Crippen molar-refractivity contribution in [1.29, 1.82) is 0 Å². The molecule has 0 aliphatic rings. The molecule has 8 nitrogen and oxygen atoms in total. The molecule has 0 unspecified atom stereocenters. The SMILES string of the molecule is CCNC(=O)NC(=O)[C@H](C)OC(=O)c1ccc(S(C)(=O)=O)cc1. The Hall–Kier alpha value is -2.42. The highest BCUT2D eigenvalue weighted by Crippen LogP contribution is 2.11. The van der Waals surface area contributed by atoms with Crippen molar-refractivity contribution in [2.24, 2.45) is 0 Å². The van der Waals surface area contributed by atoms with E-state index < -0.39 is 33.8 Å². The van der Waals surface area contributed by atoms with Gasteiger partial charge < -0.3 is 10.1 Å². The van der Waals surface area contributed by atoms with Crippen LogP contribution in [0.15, 0.2) is 29.2 Å². The monoisotopic (exact) mass is 342 g/mol. The Balaban J connectivity index is 2.68. The number of hydrogen-bond acceptors (Lipinski definition) is 6. The first-order chi connectivity index (χ1) is 10.6. The van der Waals surface area contributed by atoms with Gasteiger partial charge in [0.25, 0.3) is 5.91 Å². The fourth-order valence-corrected chi connectivity index (χ4v) is 2.17. The van der Waals surface area contributed by atoms with E-state index in [-0.39, 0.29) is 10.5 Å². The summed E-state index contributed by atoms with van der Waals surface area (Å²) in [7, 11) is -3.36. The minimum absolute atomic E-state index is 0.0658. The molecule has 9 heteroatoms. The van der Waals surface area contributed by atoms with E-state index in [4.69, 9.17) is 4.74 Å². The van der Waals surface area contributed by atoms with E-state index in [1.807, 2.05) is 5.32 Å². The van der Waals surface area contributed by atoms with Crippen LogP contribution in [0.4, 0.5) is 4.79 Å². The molecule has 0 spiro atoms. The molecule has 3 amide bonds. The van der Waals surface area contributed by atoms with Crippen molar-refractivity contribution >= 4 is 27.7 Å². The Morgan fingerprint density at radius 3 is 2.22 bits per heavy atom. The highest BCUT2D eigenvalue weighted by atomic mass is 32.2. The smallest absolute Gasteiger partial charge is 0.338 e. The number of carbonyl (C=O) groups is 3. The molecule has 0 aliphatic carbocycles. The fraction of sp³-hybridized carbons (Fsp3) is 0.357. The zero-order valence-corrected chi connectivity index (χ0v) is 13.8. The molecule has 0 saturated carbocycles. The van der Waals surface area contributed by atoms with Gasteiger partial charge in [-0.15, -0.1) is 0 Å². The van der Waals surface area contributed by atoms with Crippen molar-refractivity contribution in [3.8, 4) is 0 Å². The predicted molar refractivity (Wildman–Crippen MR) is 81.6 cm³/mol. The summed E-state index contributed by atoms with van der Waals surface area (Å²) in [6.07, 6.45) is -0.131. The van der Waals surface area contributed by atoms with Crippen molar-refractivity contribution in [1.82, 2.24) is 10.6 Å². The number of rotatable bonds is 5. The van der Waals surface area contributed by atoms with E-state index in [9.17, 15) is 22.8 Å². The van der Waals surface area contributed by atoms with Gasteiger partial charge in [-0.25, -0.2) is 18.0 Å². The van der Waals surface area contributed by atoms with Crippen LogP contribution in [0, 0.1) is 0 Å². The van der Waals surface area contributed by atoms with Crippen LogP contribution in [0.25, 0.3) is 0 Å². The van der Waals surface area contributed by atoms with E-state index in [1.54, 1.807) is 6.92 Å². The van der Waals surface area contributed by atoms with E-state index in [0.717, 1.165) is 6.26 Å². The Morgan fingerprint density at radius 1 is 1.17 bits per heavy atom. The largest absolute Gasteiger partial charge is 0.449 e. The molecule has 1 aromatic carbocycles. The highest BCUT2D eigenvalue weighted by molar-refractivity contribution is 7.90. The number of benzene rings is 1. The number of sulfone groups is 1. The maximum Gasteiger partial charge on any atom is 0.338 e. The number of amides is 3. The van der Waals surface area contributed by atoms with Crippen LogP contribution < -0.4 is 10.6 Å². The molecule has 1 rings (SSSR count). The van der Waals surface area contributed by atoms with Gasteiger partial charge in [0.15, 0.2) is 15.9 Å². The molecule has 1 aromatic rings. The Morgan fingerprint density at radius 2 is 1.74 bits per heavy atom. The maximum atomic E-state index is 11.9. The van der Waals surface area contributed by atoms with Crippen LogP contribution >= 0.6 is 0 Å². The van der Waals surface area contributed by atoms with Crippen LogP contribution in [-0.2, 0) is 19.4 Å². The highest BCUT2D eigenvalue weighted by Gasteiger charge is 2.20. The number of imide groups is 1. The second kappa shape index (κ2) is 7.73. The topological polar surface area (TPSA) is 119 Å². The van der Waals surface area contributed by atoms with Crippen LogP contribution in [0.2, 0.25) is 0 Å². The lowest BCUT2D eigenvalue weighted by atomic mass is 10.2. The average Bonchev–Trinajstić information content (AvgIpc) is 2.46. The molecule has 0 saturated heterocycles. The van der Waals surface area contributed by atoms with Crippen molar-refractivity contribution in [3.05, 3.63) is 29.8 Å².